The summed E-state index contributed by atoms with van der Waals surface area (Å²) in [5.74, 6) is -0.728. The van der Waals surface area contributed by atoms with Crippen LogP contribution in [-0.2, 0) is 6.18 Å². The molecule has 5 atom stereocenters. The second-order valence-electron chi connectivity index (χ2n) is 5.75. The van der Waals surface area contributed by atoms with Crippen LogP contribution in [0.1, 0.15) is 51.9 Å². The molecule has 128 valence electrons. The molecule has 2 aliphatic rings. The first-order valence-electron chi connectivity index (χ1n) is 6.90. The average Bonchev–Trinajstić information content (AvgIpc) is 2.95. The molecule has 0 bridgehead atoms. The Hall–Kier alpha value is -1.06. The van der Waals surface area contributed by atoms with Crippen LogP contribution in [0.3, 0.4) is 0 Å². The first kappa shape index (κ1) is 16.8. The predicted molar refractivity (Wildman–Crippen MR) is 70.8 cm³/mol. The zero-order chi connectivity index (χ0) is 17.1. The number of carbonyl (C=O) groups excluding carboxylic acids is 1. The molecule has 1 heterocycles. The van der Waals surface area contributed by atoms with Crippen molar-refractivity contribution in [2.24, 2.45) is 0 Å². The molecule has 3 rings (SSSR count). The second-order valence-corrected chi connectivity index (χ2v) is 6.85. The van der Waals surface area contributed by atoms with E-state index in [0.29, 0.717) is 0 Å². The van der Waals surface area contributed by atoms with Crippen molar-refractivity contribution in [1.82, 2.24) is 9.78 Å². The zero-order valence-electron chi connectivity index (χ0n) is 11.5. The van der Waals surface area contributed by atoms with Crippen LogP contribution in [0.4, 0.5) is 26.3 Å². The van der Waals surface area contributed by atoms with Gasteiger partial charge < -0.3 is 0 Å². The van der Waals surface area contributed by atoms with E-state index in [4.69, 9.17) is 0 Å². The SMILES string of the molecule is O=C1CC(Br)c2c1c(C(F)(F)F)nn2C1C[C@@H](F)C(F)[C@@H](F)C1. The van der Waals surface area contributed by atoms with Crippen molar-refractivity contribution in [1.29, 1.82) is 0 Å². The van der Waals surface area contributed by atoms with Gasteiger partial charge in [-0.05, 0) is 0 Å². The fourth-order valence-electron chi connectivity index (χ4n) is 3.16. The lowest BCUT2D eigenvalue weighted by Gasteiger charge is -2.31. The quantitative estimate of drug-likeness (QED) is 0.517. The van der Waals surface area contributed by atoms with Crippen LogP contribution in [0.15, 0.2) is 0 Å². The van der Waals surface area contributed by atoms with Crippen molar-refractivity contribution in [2.45, 2.75) is 54.8 Å². The molecule has 10 heteroatoms. The van der Waals surface area contributed by atoms with E-state index in [1.165, 1.54) is 0 Å². The van der Waals surface area contributed by atoms with Gasteiger partial charge in [-0.1, -0.05) is 15.9 Å². The Balaban J connectivity index is 2.07. The molecule has 0 aliphatic heterocycles. The van der Waals surface area contributed by atoms with E-state index < -0.39 is 65.4 Å². The van der Waals surface area contributed by atoms with Crippen LogP contribution in [-0.4, -0.2) is 34.1 Å². The molecule has 0 spiro atoms. The minimum absolute atomic E-state index is 0.0379. The summed E-state index contributed by atoms with van der Waals surface area (Å²) in [4.78, 5) is 11.1. The molecule has 1 aromatic rings. The predicted octanol–water partition coefficient (Wildman–Crippen LogP) is 4.27. The van der Waals surface area contributed by atoms with Gasteiger partial charge in [-0.3, -0.25) is 9.48 Å². The smallest absolute Gasteiger partial charge is 0.294 e. The van der Waals surface area contributed by atoms with Crippen molar-refractivity contribution in [3.8, 4) is 0 Å². The standard InChI is InChI=1S/C13H11BrF6N2O/c14-5-3-8(23)9-11(5)22(21-12(9)13(18,19)20)4-1-6(15)10(17)7(16)2-4/h4-7,10H,1-3H2/t4?,5?,6-,7+,10?. The van der Waals surface area contributed by atoms with Crippen molar-refractivity contribution in [2.75, 3.05) is 0 Å². The van der Waals surface area contributed by atoms with E-state index in [2.05, 4.69) is 21.0 Å². The number of nitrogens with zero attached hydrogens (tertiary/aromatic N) is 2. The molecule has 0 saturated heterocycles. The monoisotopic (exact) mass is 404 g/mol. The van der Waals surface area contributed by atoms with Crippen molar-refractivity contribution in [3.63, 3.8) is 0 Å². The third-order valence-electron chi connectivity index (χ3n) is 4.19. The molecule has 0 amide bonds. The summed E-state index contributed by atoms with van der Waals surface area (Å²) in [6.45, 7) is 0. The number of hydrogen-bond donors (Lipinski definition) is 0. The fourth-order valence-corrected chi connectivity index (χ4v) is 3.90. The Morgan fingerprint density at radius 2 is 1.70 bits per heavy atom. The lowest BCUT2D eigenvalue weighted by atomic mass is 9.90. The first-order valence-corrected chi connectivity index (χ1v) is 7.82. The van der Waals surface area contributed by atoms with Gasteiger partial charge in [-0.25, -0.2) is 13.2 Å². The normalized spacial score (nSPS) is 34.7. The van der Waals surface area contributed by atoms with Gasteiger partial charge in [-0.15, -0.1) is 0 Å². The number of fused-ring (bicyclic) bond motifs is 1. The maximum atomic E-state index is 13.6. The van der Waals surface area contributed by atoms with Crippen LogP contribution in [0.5, 0.6) is 0 Å². The number of Topliss-reactive ketones (excluding diaryl/α,β-unsaturated/α-hetero) is 1. The zero-order valence-corrected chi connectivity index (χ0v) is 13.0. The van der Waals surface area contributed by atoms with Gasteiger partial charge in [0.25, 0.3) is 0 Å². The molecule has 0 N–H and O–H groups in total. The summed E-state index contributed by atoms with van der Waals surface area (Å²) in [5, 5.41) is 3.41. The lowest BCUT2D eigenvalue weighted by Crippen LogP contribution is -2.38. The van der Waals surface area contributed by atoms with Gasteiger partial charge in [0.1, 0.15) is 12.3 Å². The Labute approximate surface area is 135 Å². The van der Waals surface area contributed by atoms with E-state index >= 15 is 0 Å². The summed E-state index contributed by atoms with van der Waals surface area (Å²) >= 11 is 3.11. The molecule has 0 aromatic carbocycles. The molecule has 23 heavy (non-hydrogen) atoms. The minimum Gasteiger partial charge on any atom is -0.294 e. The van der Waals surface area contributed by atoms with Crippen LogP contribution < -0.4 is 0 Å². The highest BCUT2D eigenvalue weighted by atomic mass is 79.9. The Bertz CT molecular complexity index is 633. The molecule has 3 nitrogen and oxygen atoms in total. The number of hydrogen-bond acceptors (Lipinski definition) is 2. The second kappa shape index (κ2) is 5.49. The number of aromatic nitrogens is 2. The van der Waals surface area contributed by atoms with Crippen LogP contribution in [0, 0.1) is 0 Å². The van der Waals surface area contributed by atoms with Gasteiger partial charge >= 0.3 is 6.18 Å². The van der Waals surface area contributed by atoms with E-state index in [1.54, 1.807) is 0 Å². The highest BCUT2D eigenvalue weighted by Crippen LogP contribution is 2.46. The maximum Gasteiger partial charge on any atom is 0.435 e. The molecule has 1 fully saturated rings. The molecule has 1 aromatic heterocycles. The summed E-state index contributed by atoms with van der Waals surface area (Å²) in [6.07, 6.45) is -12.6. The molecule has 2 aliphatic carbocycles. The van der Waals surface area contributed by atoms with Gasteiger partial charge in [0.05, 0.1) is 22.1 Å². The van der Waals surface area contributed by atoms with Crippen molar-refractivity contribution >= 4 is 21.7 Å². The van der Waals surface area contributed by atoms with Gasteiger partial charge in [-0.2, -0.15) is 18.3 Å². The summed E-state index contributed by atoms with van der Waals surface area (Å²) in [6, 6.07) is -1.07. The number of rotatable bonds is 1. The summed E-state index contributed by atoms with van der Waals surface area (Å²) in [7, 11) is 0. The largest absolute Gasteiger partial charge is 0.435 e. The lowest BCUT2D eigenvalue weighted by molar-refractivity contribution is -0.142. The van der Waals surface area contributed by atoms with Crippen molar-refractivity contribution < 1.29 is 31.1 Å². The van der Waals surface area contributed by atoms with Gasteiger partial charge in [0, 0.05) is 19.3 Å². The fraction of sp³-hybridized carbons (Fsp3) is 0.692. The molecular weight excluding hydrogens is 394 g/mol. The number of alkyl halides is 7. The van der Waals surface area contributed by atoms with E-state index in [1.807, 2.05) is 0 Å². The summed E-state index contributed by atoms with van der Waals surface area (Å²) < 4.78 is 80.5. The number of ketones is 1. The van der Waals surface area contributed by atoms with Gasteiger partial charge in [0.15, 0.2) is 17.6 Å². The third-order valence-corrected chi connectivity index (χ3v) is 4.94. The van der Waals surface area contributed by atoms with Crippen molar-refractivity contribution in [3.05, 3.63) is 17.0 Å². The molecule has 0 radical (unpaired) electrons. The summed E-state index contributed by atoms with van der Waals surface area (Å²) in [5.41, 5.74) is -1.95. The van der Waals surface area contributed by atoms with E-state index in [0.717, 1.165) is 4.68 Å². The highest BCUT2D eigenvalue weighted by Gasteiger charge is 2.48. The first-order chi connectivity index (χ1) is 10.6. The Morgan fingerprint density at radius 3 is 2.22 bits per heavy atom. The minimum atomic E-state index is -4.86. The Kier molecular flexibility index (Phi) is 4.01. The maximum absolute atomic E-state index is 13.6. The average molecular weight is 405 g/mol. The molecule has 1 saturated carbocycles. The molecular formula is C13H11BrF6N2O. The van der Waals surface area contributed by atoms with E-state index in [9.17, 15) is 31.1 Å². The third kappa shape index (κ3) is 2.68. The van der Waals surface area contributed by atoms with Crippen LogP contribution in [0.2, 0.25) is 0 Å². The molecule has 3 unspecified atom stereocenters. The van der Waals surface area contributed by atoms with Crippen LogP contribution in [0.25, 0.3) is 0 Å². The van der Waals surface area contributed by atoms with Gasteiger partial charge in [0.2, 0.25) is 0 Å². The number of halogens is 7. The van der Waals surface area contributed by atoms with E-state index in [-0.39, 0.29) is 12.1 Å². The Morgan fingerprint density at radius 1 is 1.13 bits per heavy atom. The highest BCUT2D eigenvalue weighted by molar-refractivity contribution is 9.09. The topological polar surface area (TPSA) is 34.9 Å². The van der Waals surface area contributed by atoms with Crippen LogP contribution >= 0.6 is 15.9 Å². The number of carbonyl (C=O) groups is 1.